The average molecular weight is 395 g/mol. The van der Waals surface area contributed by atoms with Gasteiger partial charge in [-0.3, -0.25) is 4.79 Å². The van der Waals surface area contributed by atoms with Gasteiger partial charge in [-0.1, -0.05) is 18.5 Å². The van der Waals surface area contributed by atoms with Crippen LogP contribution in [0.25, 0.3) is 0 Å². The lowest BCUT2D eigenvalue weighted by Gasteiger charge is -2.59. The van der Waals surface area contributed by atoms with Crippen molar-refractivity contribution < 1.29 is 9.72 Å². The van der Waals surface area contributed by atoms with Crippen molar-refractivity contribution in [2.45, 2.75) is 70.9 Å². The number of hydrogen-bond acceptors (Lipinski definition) is 4. The van der Waals surface area contributed by atoms with Gasteiger partial charge in [0.05, 0.1) is 17.8 Å². The molecule has 4 fully saturated rings. The Balaban J connectivity index is 1.37. The van der Waals surface area contributed by atoms with Gasteiger partial charge in [0.2, 0.25) is 5.91 Å². The number of hydrogen-bond donors (Lipinski definition) is 1. The third-order valence-corrected chi connectivity index (χ3v) is 7.27. The molecule has 4 aliphatic rings. The fourth-order valence-electron chi connectivity index (χ4n) is 6.40. The molecule has 4 aliphatic carbocycles. The maximum atomic E-state index is 12.6. The molecule has 4 bridgehead atoms. The van der Waals surface area contributed by atoms with Crippen molar-refractivity contribution in [2.24, 2.45) is 23.2 Å². The van der Waals surface area contributed by atoms with Gasteiger partial charge in [0.25, 0.3) is 0 Å². The summed E-state index contributed by atoms with van der Waals surface area (Å²) in [6.07, 6.45) is 10.6. The second-order valence-electron chi connectivity index (χ2n) is 8.88. The highest BCUT2D eigenvalue weighted by atomic mass is 35.5. The predicted octanol–water partition coefficient (Wildman–Crippen LogP) is 3.95. The molecule has 1 atom stereocenters. The Morgan fingerprint density at radius 2 is 1.96 bits per heavy atom. The minimum Gasteiger partial charge on any atom is -0.358 e. The molecule has 0 saturated heterocycles. The van der Waals surface area contributed by atoms with E-state index in [9.17, 15) is 14.9 Å². The average Bonchev–Trinajstić information content (AvgIpc) is 2.97. The molecular formula is C19H27ClN4O3. The highest BCUT2D eigenvalue weighted by Crippen LogP contribution is 2.61. The number of nitrogens with zero attached hydrogens (tertiary/aromatic N) is 3. The van der Waals surface area contributed by atoms with Crippen LogP contribution in [0.3, 0.4) is 0 Å². The fraction of sp³-hybridized carbons (Fsp3) is 0.789. The second kappa shape index (κ2) is 7.08. The van der Waals surface area contributed by atoms with Crippen molar-refractivity contribution in [2.75, 3.05) is 0 Å². The van der Waals surface area contributed by atoms with Crippen LogP contribution in [0, 0.1) is 33.3 Å². The number of aromatic nitrogens is 2. The van der Waals surface area contributed by atoms with Gasteiger partial charge in [-0.15, -0.1) is 0 Å². The zero-order valence-corrected chi connectivity index (χ0v) is 16.5. The maximum Gasteiger partial charge on any atom is 0.408 e. The number of halogens is 1. The fourth-order valence-corrected chi connectivity index (χ4v) is 6.62. The van der Waals surface area contributed by atoms with Crippen LogP contribution in [0.15, 0.2) is 6.20 Å². The van der Waals surface area contributed by atoms with Gasteiger partial charge in [-0.05, 0) is 73.0 Å². The normalized spacial score (nSPS) is 32.4. The summed E-state index contributed by atoms with van der Waals surface area (Å²) in [6, 6.07) is 0.231. The first-order valence-electron chi connectivity index (χ1n) is 10.0. The van der Waals surface area contributed by atoms with E-state index in [0.29, 0.717) is 0 Å². The SMILES string of the molecule is CC[C@H](NC(=O)CCn1cc(Cl)c([N+](=O)[O-])n1)C12CC3CC(CC(C3)C1)C2. The highest BCUT2D eigenvalue weighted by molar-refractivity contribution is 6.32. The lowest BCUT2D eigenvalue weighted by Crippen LogP contribution is -2.56. The lowest BCUT2D eigenvalue weighted by atomic mass is 9.47. The Morgan fingerprint density at radius 3 is 2.44 bits per heavy atom. The first-order chi connectivity index (χ1) is 12.9. The van der Waals surface area contributed by atoms with E-state index in [-0.39, 0.29) is 41.2 Å². The van der Waals surface area contributed by atoms with Crippen molar-refractivity contribution >= 4 is 23.3 Å². The van der Waals surface area contributed by atoms with Crippen LogP contribution >= 0.6 is 11.6 Å². The van der Waals surface area contributed by atoms with Crippen molar-refractivity contribution in [1.29, 1.82) is 0 Å². The van der Waals surface area contributed by atoms with E-state index in [2.05, 4.69) is 17.3 Å². The van der Waals surface area contributed by atoms with Crippen molar-refractivity contribution in [1.82, 2.24) is 15.1 Å². The molecule has 1 aromatic rings. The number of rotatable bonds is 7. The number of amides is 1. The van der Waals surface area contributed by atoms with Crippen LogP contribution in [-0.2, 0) is 11.3 Å². The summed E-state index contributed by atoms with van der Waals surface area (Å²) in [4.78, 5) is 22.8. The standard InChI is InChI=1S/C19H27ClN4O3/c1-2-16(19-8-12-5-13(9-19)7-14(6-12)10-19)21-17(25)3-4-23-11-15(20)18(22-23)24(26)27/h11-14,16H,2-10H2,1H3,(H,21,25)/t12?,13?,14?,16-,19?/m0/s1. The van der Waals surface area contributed by atoms with Gasteiger partial charge in [-0.25, -0.2) is 0 Å². The second-order valence-corrected chi connectivity index (χ2v) is 9.29. The van der Waals surface area contributed by atoms with E-state index in [1.54, 1.807) is 0 Å². The van der Waals surface area contributed by atoms with Crippen LogP contribution in [0.5, 0.6) is 0 Å². The number of carbonyl (C=O) groups excluding carboxylic acids is 1. The Kier molecular flexibility index (Phi) is 4.91. The van der Waals surface area contributed by atoms with Crippen LogP contribution < -0.4 is 5.32 Å². The summed E-state index contributed by atoms with van der Waals surface area (Å²) in [5.74, 6) is 2.20. The summed E-state index contributed by atoms with van der Waals surface area (Å²) in [5, 5.41) is 18.0. The van der Waals surface area contributed by atoms with E-state index >= 15 is 0 Å². The van der Waals surface area contributed by atoms with E-state index < -0.39 is 4.92 Å². The first-order valence-corrected chi connectivity index (χ1v) is 10.4. The molecule has 1 amide bonds. The van der Waals surface area contributed by atoms with Crippen LogP contribution in [0.2, 0.25) is 5.02 Å². The van der Waals surface area contributed by atoms with Crippen molar-refractivity contribution in [3.63, 3.8) is 0 Å². The molecule has 1 N–H and O–H groups in total. The number of carbonyl (C=O) groups is 1. The molecule has 0 aromatic carbocycles. The summed E-state index contributed by atoms with van der Waals surface area (Å²) in [5.41, 5.74) is 0.285. The maximum absolute atomic E-state index is 12.6. The molecule has 7 nitrogen and oxygen atoms in total. The molecule has 1 heterocycles. The quantitative estimate of drug-likeness (QED) is 0.560. The minimum absolute atomic E-state index is 0.000380. The Morgan fingerprint density at radius 1 is 1.37 bits per heavy atom. The van der Waals surface area contributed by atoms with Gasteiger partial charge in [-0.2, -0.15) is 4.68 Å². The van der Waals surface area contributed by atoms with Gasteiger partial charge < -0.3 is 15.4 Å². The van der Waals surface area contributed by atoms with Gasteiger partial charge >= 0.3 is 5.82 Å². The molecule has 0 radical (unpaired) electrons. The molecule has 0 aliphatic heterocycles. The molecule has 0 unspecified atom stereocenters. The van der Waals surface area contributed by atoms with Gasteiger partial charge in [0.1, 0.15) is 0 Å². The zero-order valence-electron chi connectivity index (χ0n) is 15.7. The van der Waals surface area contributed by atoms with Gasteiger partial charge in [0, 0.05) is 12.5 Å². The Labute approximate surface area is 164 Å². The minimum atomic E-state index is -0.612. The highest BCUT2D eigenvalue weighted by Gasteiger charge is 2.53. The lowest BCUT2D eigenvalue weighted by molar-refractivity contribution is -0.389. The largest absolute Gasteiger partial charge is 0.408 e. The smallest absolute Gasteiger partial charge is 0.358 e. The molecule has 4 saturated carbocycles. The molecule has 27 heavy (non-hydrogen) atoms. The topological polar surface area (TPSA) is 90.1 Å². The number of aryl methyl sites for hydroxylation is 1. The van der Waals surface area contributed by atoms with E-state index in [1.165, 1.54) is 49.4 Å². The number of nitro groups is 1. The van der Waals surface area contributed by atoms with Crippen molar-refractivity contribution in [3.8, 4) is 0 Å². The molecule has 1 aromatic heterocycles. The molecule has 148 valence electrons. The third-order valence-electron chi connectivity index (χ3n) is 7.01. The summed E-state index contributed by atoms with van der Waals surface area (Å²) >= 11 is 5.81. The van der Waals surface area contributed by atoms with E-state index in [4.69, 9.17) is 11.6 Å². The summed E-state index contributed by atoms with van der Waals surface area (Å²) in [7, 11) is 0. The van der Waals surface area contributed by atoms with Crippen LogP contribution in [0.1, 0.15) is 58.3 Å². The van der Waals surface area contributed by atoms with Crippen molar-refractivity contribution in [3.05, 3.63) is 21.3 Å². The molecular weight excluding hydrogens is 368 g/mol. The van der Waals surface area contributed by atoms with Crippen LogP contribution in [-0.4, -0.2) is 26.7 Å². The Bertz CT molecular complexity index is 712. The zero-order chi connectivity index (χ0) is 19.2. The van der Waals surface area contributed by atoms with E-state index in [1.807, 2.05) is 0 Å². The first kappa shape index (κ1) is 18.7. The summed E-state index contributed by atoms with van der Waals surface area (Å²) < 4.78 is 1.38. The van der Waals surface area contributed by atoms with E-state index in [0.717, 1.165) is 24.2 Å². The molecule has 8 heteroatoms. The molecule has 0 spiro atoms. The van der Waals surface area contributed by atoms with Gasteiger partial charge in [0.15, 0.2) is 5.02 Å². The Hall–Kier alpha value is -1.63. The van der Waals surface area contributed by atoms with Crippen LogP contribution in [0.4, 0.5) is 5.82 Å². The summed E-state index contributed by atoms with van der Waals surface area (Å²) in [6.45, 7) is 2.46. The monoisotopic (exact) mass is 394 g/mol. The number of nitrogens with one attached hydrogen (secondary N) is 1. The molecule has 5 rings (SSSR count). The predicted molar refractivity (Wildman–Crippen MR) is 101 cm³/mol. The third kappa shape index (κ3) is 3.58.